The molecule has 1 heterocycles. The van der Waals surface area contributed by atoms with Crippen LogP contribution in [0.25, 0.3) is 0 Å². The highest BCUT2D eigenvalue weighted by Gasteiger charge is 2.22. The van der Waals surface area contributed by atoms with Gasteiger partial charge in [0.15, 0.2) is 0 Å². The van der Waals surface area contributed by atoms with Gasteiger partial charge in [0.05, 0.1) is 10.7 Å². The quantitative estimate of drug-likeness (QED) is 0.839. The molecule has 14 heavy (non-hydrogen) atoms. The summed E-state index contributed by atoms with van der Waals surface area (Å²) in [5.74, 6) is 0. The molecule has 0 atom stereocenters. The molecule has 0 aliphatic carbocycles. The number of urea groups is 1. The fourth-order valence-corrected chi connectivity index (χ4v) is 2.18. The number of hydrogen-bond acceptors (Lipinski definition) is 1. The molecule has 0 spiro atoms. The van der Waals surface area contributed by atoms with Crippen molar-refractivity contribution in [1.82, 2.24) is 5.32 Å². The summed E-state index contributed by atoms with van der Waals surface area (Å²) in [4.78, 5) is 13.0. The molecule has 1 saturated heterocycles. The molecule has 0 radical (unpaired) electrons. The first-order valence-corrected chi connectivity index (χ1v) is 5.36. The van der Waals surface area contributed by atoms with Crippen LogP contribution in [0, 0.1) is 0 Å². The van der Waals surface area contributed by atoms with Gasteiger partial charge in [0, 0.05) is 17.6 Å². The number of carbonyl (C=O) groups excluding carboxylic acids is 1. The summed E-state index contributed by atoms with van der Waals surface area (Å²) in [6.45, 7) is 1.34. The van der Waals surface area contributed by atoms with E-state index in [1.165, 1.54) is 0 Å². The van der Waals surface area contributed by atoms with E-state index in [2.05, 4.69) is 21.2 Å². The highest BCUT2D eigenvalue weighted by atomic mass is 79.9. The minimum absolute atomic E-state index is 0.0887. The van der Waals surface area contributed by atoms with Gasteiger partial charge in [0.25, 0.3) is 0 Å². The first kappa shape index (κ1) is 9.80. The smallest absolute Gasteiger partial charge is 0.322 e. The van der Waals surface area contributed by atoms with Crippen molar-refractivity contribution in [2.75, 3.05) is 18.0 Å². The number of nitrogens with one attached hydrogen (secondary N) is 1. The Hall–Kier alpha value is -0.740. The molecule has 2 amide bonds. The van der Waals surface area contributed by atoms with Crippen molar-refractivity contribution in [3.63, 3.8) is 0 Å². The third-order valence-corrected chi connectivity index (χ3v) is 2.85. The van der Waals surface area contributed by atoms with Crippen LogP contribution in [-0.2, 0) is 0 Å². The largest absolute Gasteiger partial charge is 0.336 e. The van der Waals surface area contributed by atoms with Crippen LogP contribution in [0.5, 0.6) is 0 Å². The molecule has 1 N–H and O–H groups in total. The van der Waals surface area contributed by atoms with E-state index in [0.29, 0.717) is 18.1 Å². The van der Waals surface area contributed by atoms with Crippen LogP contribution in [0.2, 0.25) is 5.02 Å². The summed E-state index contributed by atoms with van der Waals surface area (Å²) in [6, 6.07) is 5.39. The first-order valence-electron chi connectivity index (χ1n) is 4.19. The fraction of sp³-hybridized carbons (Fsp3) is 0.222. The van der Waals surface area contributed by atoms with Gasteiger partial charge in [0.1, 0.15) is 0 Å². The summed E-state index contributed by atoms with van der Waals surface area (Å²) < 4.78 is 0.908. The van der Waals surface area contributed by atoms with E-state index < -0.39 is 0 Å². The van der Waals surface area contributed by atoms with E-state index >= 15 is 0 Å². The second kappa shape index (κ2) is 3.79. The second-order valence-corrected chi connectivity index (χ2v) is 4.30. The standard InChI is InChI=1S/C9H8BrClN2O/c10-6-1-2-8(7(11)5-6)13-4-3-12-9(13)14/h1-2,5H,3-4H2,(H,12,14). The van der Waals surface area contributed by atoms with Gasteiger partial charge in [-0.2, -0.15) is 0 Å². The molecular formula is C9H8BrClN2O. The maximum Gasteiger partial charge on any atom is 0.322 e. The van der Waals surface area contributed by atoms with Crippen LogP contribution in [-0.4, -0.2) is 19.1 Å². The summed E-state index contributed by atoms with van der Waals surface area (Å²) >= 11 is 9.34. The van der Waals surface area contributed by atoms with Gasteiger partial charge < -0.3 is 5.32 Å². The normalized spacial score (nSPS) is 15.9. The number of anilines is 1. The van der Waals surface area contributed by atoms with Crippen molar-refractivity contribution in [2.45, 2.75) is 0 Å². The Morgan fingerprint density at radius 1 is 1.50 bits per heavy atom. The number of halogens is 2. The lowest BCUT2D eigenvalue weighted by molar-refractivity contribution is 0.252. The molecule has 1 aromatic carbocycles. The Morgan fingerprint density at radius 3 is 2.86 bits per heavy atom. The minimum Gasteiger partial charge on any atom is -0.336 e. The molecule has 0 bridgehead atoms. The zero-order valence-corrected chi connectivity index (χ0v) is 9.60. The topological polar surface area (TPSA) is 32.3 Å². The number of rotatable bonds is 1. The lowest BCUT2D eigenvalue weighted by atomic mass is 10.3. The van der Waals surface area contributed by atoms with Crippen molar-refractivity contribution >= 4 is 39.2 Å². The SMILES string of the molecule is O=C1NCCN1c1ccc(Br)cc1Cl. The van der Waals surface area contributed by atoms with Gasteiger partial charge in [-0.3, -0.25) is 4.90 Å². The van der Waals surface area contributed by atoms with Crippen molar-refractivity contribution in [1.29, 1.82) is 0 Å². The molecule has 0 saturated carbocycles. The molecule has 2 rings (SSSR count). The Kier molecular flexibility index (Phi) is 2.65. The summed E-state index contributed by atoms with van der Waals surface area (Å²) in [7, 11) is 0. The fourth-order valence-electron chi connectivity index (χ4n) is 1.40. The first-order chi connectivity index (χ1) is 6.68. The molecule has 5 heteroatoms. The van der Waals surface area contributed by atoms with E-state index in [9.17, 15) is 4.79 Å². The lowest BCUT2D eigenvalue weighted by Gasteiger charge is -2.15. The average Bonchev–Trinajstić information content (AvgIpc) is 2.52. The number of nitrogens with zero attached hydrogens (tertiary/aromatic N) is 1. The monoisotopic (exact) mass is 274 g/mol. The zero-order valence-electron chi connectivity index (χ0n) is 7.26. The van der Waals surface area contributed by atoms with E-state index in [1.807, 2.05) is 12.1 Å². The maximum absolute atomic E-state index is 11.4. The van der Waals surface area contributed by atoms with Crippen LogP contribution in [0.1, 0.15) is 0 Å². The summed E-state index contributed by atoms with van der Waals surface area (Å²) in [6.07, 6.45) is 0. The van der Waals surface area contributed by atoms with Crippen LogP contribution in [0.3, 0.4) is 0 Å². The predicted molar refractivity (Wildman–Crippen MR) is 59.9 cm³/mol. The van der Waals surface area contributed by atoms with E-state index in [1.54, 1.807) is 11.0 Å². The van der Waals surface area contributed by atoms with Gasteiger partial charge in [-0.05, 0) is 18.2 Å². The molecule has 1 aromatic rings. The zero-order chi connectivity index (χ0) is 10.1. The molecule has 1 aliphatic rings. The highest BCUT2D eigenvalue weighted by Crippen LogP contribution is 2.29. The van der Waals surface area contributed by atoms with Gasteiger partial charge in [-0.25, -0.2) is 4.79 Å². The number of benzene rings is 1. The third kappa shape index (κ3) is 1.72. The molecule has 1 fully saturated rings. The Bertz CT molecular complexity index is 383. The van der Waals surface area contributed by atoms with Crippen molar-refractivity contribution in [2.24, 2.45) is 0 Å². The Morgan fingerprint density at radius 2 is 2.29 bits per heavy atom. The number of hydrogen-bond donors (Lipinski definition) is 1. The number of amides is 2. The lowest BCUT2D eigenvalue weighted by Crippen LogP contribution is -2.27. The summed E-state index contributed by atoms with van der Waals surface area (Å²) in [5.41, 5.74) is 0.755. The summed E-state index contributed by atoms with van der Waals surface area (Å²) in [5, 5.41) is 3.31. The van der Waals surface area contributed by atoms with Crippen LogP contribution in [0.15, 0.2) is 22.7 Å². The Balaban J connectivity index is 2.36. The number of carbonyl (C=O) groups is 1. The van der Waals surface area contributed by atoms with Gasteiger partial charge in [-0.15, -0.1) is 0 Å². The molecule has 0 unspecified atom stereocenters. The van der Waals surface area contributed by atoms with Crippen LogP contribution >= 0.6 is 27.5 Å². The predicted octanol–water partition coefficient (Wildman–Crippen LogP) is 2.63. The van der Waals surface area contributed by atoms with Crippen LogP contribution in [0.4, 0.5) is 10.5 Å². The molecule has 3 nitrogen and oxygen atoms in total. The van der Waals surface area contributed by atoms with E-state index in [-0.39, 0.29) is 6.03 Å². The second-order valence-electron chi connectivity index (χ2n) is 2.98. The van der Waals surface area contributed by atoms with Gasteiger partial charge in [0.2, 0.25) is 0 Å². The van der Waals surface area contributed by atoms with Gasteiger partial charge in [-0.1, -0.05) is 27.5 Å². The van der Waals surface area contributed by atoms with E-state index in [0.717, 1.165) is 10.2 Å². The van der Waals surface area contributed by atoms with Crippen LogP contribution < -0.4 is 10.2 Å². The Labute approximate surface area is 95.2 Å². The minimum atomic E-state index is -0.0887. The van der Waals surface area contributed by atoms with Gasteiger partial charge >= 0.3 is 6.03 Å². The molecule has 74 valence electrons. The third-order valence-electron chi connectivity index (χ3n) is 2.06. The van der Waals surface area contributed by atoms with Crippen molar-refractivity contribution < 1.29 is 4.79 Å². The molecular weight excluding hydrogens is 267 g/mol. The van der Waals surface area contributed by atoms with Crippen molar-refractivity contribution in [3.8, 4) is 0 Å². The highest BCUT2D eigenvalue weighted by molar-refractivity contribution is 9.10. The molecule has 0 aromatic heterocycles. The average molecular weight is 276 g/mol. The maximum atomic E-state index is 11.4. The van der Waals surface area contributed by atoms with Crippen molar-refractivity contribution in [3.05, 3.63) is 27.7 Å². The van der Waals surface area contributed by atoms with E-state index in [4.69, 9.17) is 11.6 Å². The molecule has 1 aliphatic heterocycles.